The van der Waals surface area contributed by atoms with Gasteiger partial charge in [-0.25, -0.2) is 4.79 Å². The van der Waals surface area contributed by atoms with Crippen LogP contribution in [-0.2, 0) is 0 Å². The van der Waals surface area contributed by atoms with Crippen molar-refractivity contribution in [2.45, 2.75) is 6.92 Å². The lowest BCUT2D eigenvalue weighted by atomic mass is 10.1. The highest BCUT2D eigenvalue weighted by molar-refractivity contribution is 5.84. The zero-order valence-electron chi connectivity index (χ0n) is 7.55. The topological polar surface area (TPSA) is 91.7 Å². The Balaban J connectivity index is 3.10. The Morgan fingerprint density at radius 2 is 1.93 bits per heavy atom. The van der Waals surface area contributed by atoms with Crippen molar-refractivity contribution in [3.8, 4) is 0 Å². The Morgan fingerprint density at radius 3 is 2.64 bits per heavy atom. The summed E-state index contributed by atoms with van der Waals surface area (Å²) in [6.07, 6.45) is 0. The smallest absolute Gasteiger partial charge is 0.326 e. The summed E-state index contributed by atoms with van der Waals surface area (Å²) in [7, 11) is 0. The summed E-state index contributed by atoms with van der Waals surface area (Å²) >= 11 is 0. The van der Waals surface area contributed by atoms with E-state index in [4.69, 9.17) is 5.73 Å². The van der Waals surface area contributed by atoms with E-state index in [1.807, 2.05) is 0 Å². The molecule has 2 aromatic rings. The van der Waals surface area contributed by atoms with Crippen molar-refractivity contribution in [2.75, 3.05) is 5.73 Å². The molecule has 0 amide bonds. The molecule has 0 aliphatic heterocycles. The fourth-order valence-electron chi connectivity index (χ4n) is 1.39. The quantitative estimate of drug-likeness (QED) is 0.516. The van der Waals surface area contributed by atoms with Crippen LogP contribution in [0.15, 0.2) is 21.7 Å². The molecule has 0 aliphatic rings. The summed E-state index contributed by atoms with van der Waals surface area (Å²) in [5, 5.41) is 0.441. The molecule has 2 rings (SSSR count). The van der Waals surface area contributed by atoms with Gasteiger partial charge < -0.3 is 10.7 Å². The molecule has 1 aromatic heterocycles. The molecule has 1 heterocycles. The number of aromatic amines is 2. The first kappa shape index (κ1) is 8.55. The second-order valence-electron chi connectivity index (χ2n) is 3.11. The van der Waals surface area contributed by atoms with Crippen LogP contribution in [0.1, 0.15) is 5.56 Å². The van der Waals surface area contributed by atoms with Crippen LogP contribution in [0.3, 0.4) is 0 Å². The van der Waals surface area contributed by atoms with Gasteiger partial charge in [0, 0.05) is 5.69 Å². The number of nitrogen functional groups attached to an aromatic ring is 1. The minimum atomic E-state index is -0.517. The summed E-state index contributed by atoms with van der Waals surface area (Å²) in [4.78, 5) is 27.1. The number of benzene rings is 1. The molecule has 0 fully saturated rings. The molecule has 0 saturated carbocycles. The molecule has 1 aromatic carbocycles. The van der Waals surface area contributed by atoms with E-state index in [0.717, 1.165) is 0 Å². The van der Waals surface area contributed by atoms with Crippen LogP contribution >= 0.6 is 0 Å². The standard InChI is InChI=1S/C9H9N3O2/c1-4-6(10)3-2-5-7(4)11-9(14)12-8(5)13/h2-3H,10H2,1H3,(H2,11,12,13,14). The normalized spacial score (nSPS) is 10.6. The Bertz CT molecular complexity index is 609. The van der Waals surface area contributed by atoms with Crippen molar-refractivity contribution in [3.63, 3.8) is 0 Å². The average molecular weight is 191 g/mol. The lowest BCUT2D eigenvalue weighted by Gasteiger charge is -2.03. The predicted octanol–water partition coefficient (Wildman–Crippen LogP) is 0.107. The summed E-state index contributed by atoms with van der Waals surface area (Å²) in [5.41, 5.74) is 6.50. The van der Waals surface area contributed by atoms with Crippen molar-refractivity contribution >= 4 is 16.6 Å². The minimum Gasteiger partial charge on any atom is -0.398 e. The van der Waals surface area contributed by atoms with E-state index in [2.05, 4.69) is 9.97 Å². The van der Waals surface area contributed by atoms with Gasteiger partial charge in [0.1, 0.15) is 0 Å². The van der Waals surface area contributed by atoms with Crippen LogP contribution in [0.4, 0.5) is 5.69 Å². The maximum Gasteiger partial charge on any atom is 0.326 e. The molecule has 14 heavy (non-hydrogen) atoms. The molecule has 0 spiro atoms. The van der Waals surface area contributed by atoms with Gasteiger partial charge in [0.05, 0.1) is 10.9 Å². The predicted molar refractivity (Wildman–Crippen MR) is 54.3 cm³/mol. The Morgan fingerprint density at radius 1 is 1.21 bits per heavy atom. The molecule has 0 radical (unpaired) electrons. The summed E-state index contributed by atoms with van der Waals surface area (Å²) in [5.74, 6) is 0. The highest BCUT2D eigenvalue weighted by Crippen LogP contribution is 2.17. The number of rotatable bonds is 0. The van der Waals surface area contributed by atoms with Crippen molar-refractivity contribution in [2.24, 2.45) is 0 Å². The number of aromatic nitrogens is 2. The van der Waals surface area contributed by atoms with Gasteiger partial charge in [-0.2, -0.15) is 0 Å². The lowest BCUT2D eigenvalue weighted by molar-refractivity contribution is 1.08. The van der Waals surface area contributed by atoms with E-state index in [1.165, 1.54) is 0 Å². The van der Waals surface area contributed by atoms with Gasteiger partial charge in [-0.15, -0.1) is 0 Å². The van der Waals surface area contributed by atoms with Gasteiger partial charge in [-0.1, -0.05) is 0 Å². The van der Waals surface area contributed by atoms with E-state index >= 15 is 0 Å². The van der Waals surface area contributed by atoms with E-state index in [1.54, 1.807) is 19.1 Å². The molecule has 4 N–H and O–H groups in total. The maximum atomic E-state index is 11.3. The van der Waals surface area contributed by atoms with Gasteiger partial charge in [-0.05, 0) is 24.6 Å². The van der Waals surface area contributed by atoms with Crippen molar-refractivity contribution in [3.05, 3.63) is 38.5 Å². The maximum absolute atomic E-state index is 11.3. The van der Waals surface area contributed by atoms with Crippen LogP contribution in [0, 0.1) is 6.92 Å². The molecule has 72 valence electrons. The Kier molecular flexibility index (Phi) is 1.67. The molecular weight excluding hydrogens is 182 g/mol. The zero-order valence-corrected chi connectivity index (χ0v) is 7.55. The summed E-state index contributed by atoms with van der Waals surface area (Å²) < 4.78 is 0. The number of aryl methyl sites for hydroxylation is 1. The second-order valence-corrected chi connectivity index (χ2v) is 3.11. The van der Waals surface area contributed by atoms with E-state index < -0.39 is 11.2 Å². The van der Waals surface area contributed by atoms with Crippen molar-refractivity contribution < 1.29 is 0 Å². The van der Waals surface area contributed by atoms with Crippen molar-refractivity contribution in [1.29, 1.82) is 0 Å². The van der Waals surface area contributed by atoms with Crippen LogP contribution in [0.2, 0.25) is 0 Å². The monoisotopic (exact) mass is 191 g/mol. The number of fused-ring (bicyclic) bond motifs is 1. The SMILES string of the molecule is Cc1c(N)ccc2c(=O)[nH]c(=O)[nH]c12. The summed E-state index contributed by atoms with van der Waals surface area (Å²) in [6.45, 7) is 1.76. The van der Waals surface area contributed by atoms with Gasteiger partial charge in [-0.3, -0.25) is 9.78 Å². The molecule has 0 aliphatic carbocycles. The number of hydrogen-bond donors (Lipinski definition) is 3. The van der Waals surface area contributed by atoms with Gasteiger partial charge >= 0.3 is 5.69 Å². The largest absolute Gasteiger partial charge is 0.398 e. The molecular formula is C9H9N3O2. The molecule has 5 nitrogen and oxygen atoms in total. The fourth-order valence-corrected chi connectivity index (χ4v) is 1.39. The lowest BCUT2D eigenvalue weighted by Crippen LogP contribution is -2.22. The minimum absolute atomic E-state index is 0.396. The number of H-pyrrole nitrogens is 2. The van der Waals surface area contributed by atoms with Crippen LogP contribution < -0.4 is 17.0 Å². The molecule has 0 atom stereocenters. The third-order valence-electron chi connectivity index (χ3n) is 2.22. The van der Waals surface area contributed by atoms with E-state index in [0.29, 0.717) is 22.2 Å². The Labute approximate surface area is 78.6 Å². The van der Waals surface area contributed by atoms with Crippen LogP contribution in [0.5, 0.6) is 0 Å². The van der Waals surface area contributed by atoms with E-state index in [9.17, 15) is 9.59 Å². The molecule has 0 unspecified atom stereocenters. The number of nitrogens with two attached hydrogens (primary N) is 1. The number of anilines is 1. The highest BCUT2D eigenvalue weighted by Gasteiger charge is 2.04. The Hall–Kier alpha value is -2.04. The first-order valence-corrected chi connectivity index (χ1v) is 4.11. The average Bonchev–Trinajstić information content (AvgIpc) is 2.12. The highest BCUT2D eigenvalue weighted by atomic mass is 16.2. The molecule has 5 heteroatoms. The number of nitrogens with one attached hydrogen (secondary N) is 2. The van der Waals surface area contributed by atoms with Gasteiger partial charge in [0.25, 0.3) is 5.56 Å². The third kappa shape index (κ3) is 1.10. The zero-order chi connectivity index (χ0) is 10.3. The van der Waals surface area contributed by atoms with Crippen molar-refractivity contribution in [1.82, 2.24) is 9.97 Å². The molecule has 0 saturated heterocycles. The van der Waals surface area contributed by atoms with E-state index in [-0.39, 0.29) is 0 Å². The second kappa shape index (κ2) is 2.73. The first-order valence-electron chi connectivity index (χ1n) is 4.11. The fraction of sp³-hybridized carbons (Fsp3) is 0.111. The van der Waals surface area contributed by atoms with Gasteiger partial charge in [0.2, 0.25) is 0 Å². The summed E-state index contributed by atoms with van der Waals surface area (Å²) in [6, 6.07) is 3.23. The van der Waals surface area contributed by atoms with Gasteiger partial charge in [0.15, 0.2) is 0 Å². The third-order valence-corrected chi connectivity index (χ3v) is 2.22. The number of hydrogen-bond acceptors (Lipinski definition) is 3. The first-order chi connectivity index (χ1) is 6.59. The van der Waals surface area contributed by atoms with Crippen LogP contribution in [-0.4, -0.2) is 9.97 Å². The molecule has 0 bridgehead atoms. The van der Waals surface area contributed by atoms with Crippen LogP contribution in [0.25, 0.3) is 10.9 Å².